The van der Waals surface area contributed by atoms with Crippen LogP contribution in [0, 0.1) is 0 Å². The monoisotopic (exact) mass is 284 g/mol. The lowest BCUT2D eigenvalue weighted by Crippen LogP contribution is -2.29. The van der Waals surface area contributed by atoms with Gasteiger partial charge in [-0.2, -0.15) is 0 Å². The second-order valence-corrected chi connectivity index (χ2v) is 5.36. The lowest BCUT2D eigenvalue weighted by Gasteiger charge is -2.08. The van der Waals surface area contributed by atoms with Crippen LogP contribution in [0.3, 0.4) is 0 Å². The molecule has 3 fully saturated rings. The summed E-state index contributed by atoms with van der Waals surface area (Å²) in [4.78, 5) is 22.3. The largest absolute Gasteiger partial charge is 0.370 e. The fraction of sp³-hybridized carbons (Fsp3) is 0.857. The van der Waals surface area contributed by atoms with E-state index in [1.165, 1.54) is 0 Å². The summed E-state index contributed by atoms with van der Waals surface area (Å²) >= 11 is 0. The first-order chi connectivity index (χ1) is 9.75. The van der Waals surface area contributed by atoms with E-state index in [4.69, 9.17) is 9.47 Å². The molecule has 2 amide bonds. The van der Waals surface area contributed by atoms with Crippen molar-refractivity contribution >= 4 is 11.8 Å². The summed E-state index contributed by atoms with van der Waals surface area (Å²) in [6.07, 6.45) is 5.93. The Labute approximate surface area is 119 Å². The highest BCUT2D eigenvalue weighted by Crippen LogP contribution is 2.25. The van der Waals surface area contributed by atoms with E-state index in [1.807, 2.05) is 0 Å². The highest BCUT2D eigenvalue weighted by atomic mass is 16.6. The van der Waals surface area contributed by atoms with Gasteiger partial charge in [-0.15, -0.1) is 0 Å². The van der Waals surface area contributed by atoms with Crippen LogP contribution in [0.5, 0.6) is 0 Å². The van der Waals surface area contributed by atoms with Crippen LogP contribution in [0.2, 0.25) is 0 Å². The Hall–Kier alpha value is -1.14. The molecule has 6 nitrogen and oxygen atoms in total. The first-order valence-electron chi connectivity index (χ1n) is 7.52. The minimum absolute atomic E-state index is 0.0132. The third-order valence-corrected chi connectivity index (χ3v) is 3.46. The van der Waals surface area contributed by atoms with Crippen LogP contribution in [-0.2, 0) is 19.1 Å². The van der Waals surface area contributed by atoms with Crippen LogP contribution in [0.25, 0.3) is 0 Å². The number of epoxide rings is 2. The van der Waals surface area contributed by atoms with E-state index in [0.29, 0.717) is 25.0 Å². The fourth-order valence-electron chi connectivity index (χ4n) is 2.00. The molecule has 3 rings (SSSR count). The molecule has 0 bridgehead atoms. The van der Waals surface area contributed by atoms with Gasteiger partial charge in [0.15, 0.2) is 0 Å². The number of rotatable bonds is 1. The normalized spacial score (nSPS) is 30.6. The predicted molar refractivity (Wildman–Crippen MR) is 73.2 cm³/mol. The molecular weight excluding hydrogens is 260 g/mol. The van der Waals surface area contributed by atoms with E-state index in [0.717, 1.165) is 52.0 Å². The first-order valence-corrected chi connectivity index (χ1v) is 7.52. The maximum absolute atomic E-state index is 11.2. The van der Waals surface area contributed by atoms with Crippen LogP contribution in [0.4, 0.5) is 0 Å². The van der Waals surface area contributed by atoms with Crippen molar-refractivity contribution in [2.45, 2.75) is 50.7 Å². The molecule has 0 radical (unpaired) electrons. The van der Waals surface area contributed by atoms with Crippen LogP contribution in [-0.4, -0.2) is 50.3 Å². The lowest BCUT2D eigenvalue weighted by atomic mass is 10.1. The van der Waals surface area contributed by atoms with Gasteiger partial charge in [0.2, 0.25) is 11.8 Å². The third-order valence-electron chi connectivity index (χ3n) is 3.46. The fourth-order valence-corrected chi connectivity index (χ4v) is 2.00. The number of carbonyl (C=O) groups is 2. The molecule has 20 heavy (non-hydrogen) atoms. The Morgan fingerprint density at radius 1 is 0.750 bits per heavy atom. The molecule has 0 spiro atoms. The molecule has 6 heteroatoms. The maximum Gasteiger partial charge on any atom is 0.220 e. The number of nitrogens with one attached hydrogen (secondary N) is 2. The predicted octanol–water partition coefficient (Wildman–Crippen LogP) is 0.357. The summed E-state index contributed by atoms with van der Waals surface area (Å²) in [5, 5.41) is 5.60. The van der Waals surface area contributed by atoms with E-state index in [1.54, 1.807) is 0 Å². The van der Waals surface area contributed by atoms with E-state index in [-0.39, 0.29) is 11.8 Å². The van der Waals surface area contributed by atoms with E-state index in [2.05, 4.69) is 10.6 Å². The second kappa shape index (κ2) is 8.21. The molecule has 0 aliphatic carbocycles. The zero-order chi connectivity index (χ0) is 14.2. The number of hydrogen-bond acceptors (Lipinski definition) is 4. The van der Waals surface area contributed by atoms with Crippen molar-refractivity contribution in [2.24, 2.45) is 0 Å². The Bertz CT molecular complexity index is 295. The molecule has 2 N–H and O–H groups in total. The van der Waals surface area contributed by atoms with E-state index >= 15 is 0 Å². The summed E-state index contributed by atoms with van der Waals surface area (Å²) in [7, 11) is 0. The Balaban J connectivity index is 0.000000198. The summed E-state index contributed by atoms with van der Waals surface area (Å²) < 4.78 is 9.81. The van der Waals surface area contributed by atoms with Gasteiger partial charge in [0.05, 0.1) is 13.2 Å². The van der Waals surface area contributed by atoms with Crippen molar-refractivity contribution in [3.63, 3.8) is 0 Å². The number of carbonyl (C=O) groups excluding carboxylic acids is 2. The van der Waals surface area contributed by atoms with Crippen LogP contribution in [0.15, 0.2) is 0 Å². The van der Waals surface area contributed by atoms with E-state index < -0.39 is 0 Å². The number of amides is 2. The molecule has 3 saturated heterocycles. The number of ether oxygens (including phenoxy) is 2. The van der Waals surface area contributed by atoms with Crippen molar-refractivity contribution in [2.75, 3.05) is 26.3 Å². The van der Waals surface area contributed by atoms with Gasteiger partial charge < -0.3 is 20.1 Å². The van der Waals surface area contributed by atoms with Crippen molar-refractivity contribution in [1.82, 2.24) is 10.6 Å². The van der Waals surface area contributed by atoms with Gasteiger partial charge in [0.1, 0.15) is 12.2 Å². The summed E-state index contributed by atoms with van der Waals surface area (Å²) in [5.41, 5.74) is 0. The van der Waals surface area contributed by atoms with Gasteiger partial charge >= 0.3 is 0 Å². The molecule has 2 unspecified atom stereocenters. The molecule has 0 saturated carbocycles. The van der Waals surface area contributed by atoms with Crippen molar-refractivity contribution < 1.29 is 19.1 Å². The van der Waals surface area contributed by atoms with Gasteiger partial charge in [-0.3, -0.25) is 9.59 Å². The van der Waals surface area contributed by atoms with Gasteiger partial charge in [-0.05, 0) is 12.8 Å². The minimum atomic E-state index is -0.0132. The molecular formula is C14H24N2O4. The average molecular weight is 284 g/mol. The SMILES string of the molecule is C1OC1C1CO1.O=C1CCC(=O)NCCCCCCN1. The van der Waals surface area contributed by atoms with Gasteiger partial charge in [-0.25, -0.2) is 0 Å². The molecule has 0 aromatic rings. The lowest BCUT2D eigenvalue weighted by molar-refractivity contribution is -0.126. The van der Waals surface area contributed by atoms with Gasteiger partial charge in [-0.1, -0.05) is 12.8 Å². The zero-order valence-corrected chi connectivity index (χ0v) is 11.9. The molecule has 3 heterocycles. The standard InChI is InChI=1S/C10H18N2O2.C4H6O2/c13-9-5-6-10(14)12-8-4-2-1-3-7-11-9;1-3(5-1)4-2-6-4/h1-8H2,(H,11,13)(H,12,14);3-4H,1-2H2. The van der Waals surface area contributed by atoms with E-state index in [9.17, 15) is 9.59 Å². The van der Waals surface area contributed by atoms with Gasteiger partial charge in [0, 0.05) is 25.9 Å². The van der Waals surface area contributed by atoms with Crippen molar-refractivity contribution in [3.05, 3.63) is 0 Å². The van der Waals surface area contributed by atoms with Crippen molar-refractivity contribution in [3.8, 4) is 0 Å². The molecule has 3 aliphatic rings. The first kappa shape index (κ1) is 15.3. The van der Waals surface area contributed by atoms with Crippen LogP contribution in [0.1, 0.15) is 38.5 Å². The summed E-state index contributed by atoms with van der Waals surface area (Å²) in [6.45, 7) is 3.37. The molecule has 0 aromatic heterocycles. The Morgan fingerprint density at radius 2 is 1.15 bits per heavy atom. The molecule has 0 aromatic carbocycles. The highest BCUT2D eigenvalue weighted by molar-refractivity contribution is 5.83. The minimum Gasteiger partial charge on any atom is -0.370 e. The second-order valence-electron chi connectivity index (χ2n) is 5.36. The Morgan fingerprint density at radius 3 is 1.50 bits per heavy atom. The quantitative estimate of drug-likeness (QED) is 0.681. The molecule has 2 atom stereocenters. The average Bonchev–Trinajstić information content (AvgIpc) is 3.30. The topological polar surface area (TPSA) is 83.3 Å². The molecule has 114 valence electrons. The molecule has 3 aliphatic heterocycles. The highest BCUT2D eigenvalue weighted by Gasteiger charge is 2.41. The van der Waals surface area contributed by atoms with Gasteiger partial charge in [0.25, 0.3) is 0 Å². The van der Waals surface area contributed by atoms with Crippen LogP contribution < -0.4 is 10.6 Å². The van der Waals surface area contributed by atoms with Crippen LogP contribution >= 0.6 is 0 Å². The number of hydrogen-bond donors (Lipinski definition) is 2. The summed E-state index contributed by atoms with van der Waals surface area (Å²) in [5.74, 6) is -0.0264. The zero-order valence-electron chi connectivity index (χ0n) is 11.9. The summed E-state index contributed by atoms with van der Waals surface area (Å²) in [6, 6.07) is 0. The van der Waals surface area contributed by atoms with Crippen molar-refractivity contribution in [1.29, 1.82) is 0 Å². The maximum atomic E-state index is 11.2. The third kappa shape index (κ3) is 6.86. The smallest absolute Gasteiger partial charge is 0.220 e. The Kier molecular flexibility index (Phi) is 6.26.